The fraction of sp³-hybridized carbons (Fsp3) is 0.739. The van der Waals surface area contributed by atoms with Crippen molar-refractivity contribution in [1.82, 2.24) is 0 Å². The minimum absolute atomic E-state index is 0.436. The van der Waals surface area contributed by atoms with E-state index < -0.39 is 0 Å². The number of hydrogen-bond donors (Lipinski definition) is 1. The molecule has 0 heterocycles. The first-order valence-corrected chi connectivity index (χ1v) is 10.4. The van der Waals surface area contributed by atoms with Crippen molar-refractivity contribution in [2.45, 2.75) is 97.3 Å². The summed E-state index contributed by atoms with van der Waals surface area (Å²) in [5.41, 5.74) is 4.29. The highest BCUT2D eigenvalue weighted by Crippen LogP contribution is 2.52. The Morgan fingerprint density at radius 3 is 2.17 bits per heavy atom. The molecule has 1 N–H and O–H groups in total. The molecule has 2 aliphatic carbocycles. The van der Waals surface area contributed by atoms with Gasteiger partial charge in [0.05, 0.1) is 0 Å². The maximum absolute atomic E-state index is 9.85. The van der Waals surface area contributed by atoms with E-state index in [1.807, 2.05) is 12.1 Å². The van der Waals surface area contributed by atoms with Gasteiger partial charge < -0.3 is 5.11 Å². The number of aromatic hydroxyl groups is 1. The van der Waals surface area contributed by atoms with Gasteiger partial charge in [-0.3, -0.25) is 0 Å². The molecule has 3 rings (SSSR count). The molecule has 0 aliphatic heterocycles. The van der Waals surface area contributed by atoms with Crippen LogP contribution >= 0.6 is 0 Å². The summed E-state index contributed by atoms with van der Waals surface area (Å²) in [6, 6.07) is 6.06. The van der Waals surface area contributed by atoms with E-state index in [1.54, 1.807) is 0 Å². The van der Waals surface area contributed by atoms with Crippen LogP contribution in [0.4, 0.5) is 0 Å². The van der Waals surface area contributed by atoms with E-state index in [0.717, 1.165) is 11.8 Å². The fourth-order valence-corrected chi connectivity index (χ4v) is 4.19. The summed E-state index contributed by atoms with van der Waals surface area (Å²) in [6.45, 7) is 4.78. The third-order valence-corrected chi connectivity index (χ3v) is 6.88. The summed E-state index contributed by atoms with van der Waals surface area (Å²) in [6.07, 6.45) is 17.6. The van der Waals surface area contributed by atoms with E-state index in [1.165, 1.54) is 88.2 Å². The predicted molar refractivity (Wildman–Crippen MR) is 103 cm³/mol. The molecule has 0 spiro atoms. The van der Waals surface area contributed by atoms with Gasteiger partial charge >= 0.3 is 0 Å². The Labute approximate surface area is 148 Å². The maximum atomic E-state index is 9.85. The molecule has 1 aromatic rings. The third kappa shape index (κ3) is 5.01. The van der Waals surface area contributed by atoms with Gasteiger partial charge in [0.25, 0.3) is 0 Å². The van der Waals surface area contributed by atoms with Crippen molar-refractivity contribution in [1.29, 1.82) is 0 Å². The van der Waals surface area contributed by atoms with Crippen LogP contribution in [-0.2, 0) is 12.8 Å². The van der Waals surface area contributed by atoms with E-state index in [2.05, 4.69) is 19.9 Å². The molecule has 0 amide bonds. The maximum Gasteiger partial charge on any atom is 0.115 e. The summed E-state index contributed by atoms with van der Waals surface area (Å²) in [7, 11) is 0. The second kappa shape index (κ2) is 7.50. The van der Waals surface area contributed by atoms with Crippen LogP contribution in [0.15, 0.2) is 18.2 Å². The molecule has 1 heteroatoms. The second-order valence-electron chi connectivity index (χ2n) is 9.03. The van der Waals surface area contributed by atoms with E-state index in [9.17, 15) is 5.11 Å². The molecule has 0 atom stereocenters. The van der Waals surface area contributed by atoms with Gasteiger partial charge in [0.1, 0.15) is 5.75 Å². The zero-order chi connectivity index (χ0) is 17.0. The molecule has 2 saturated carbocycles. The van der Waals surface area contributed by atoms with Gasteiger partial charge in [0, 0.05) is 0 Å². The van der Waals surface area contributed by atoms with Gasteiger partial charge in [0.2, 0.25) is 0 Å². The minimum atomic E-state index is 0.436. The van der Waals surface area contributed by atoms with E-state index in [-0.39, 0.29) is 0 Å². The molecule has 2 aliphatic rings. The predicted octanol–water partition coefficient (Wildman–Crippen LogP) is 6.81. The topological polar surface area (TPSA) is 20.2 Å². The van der Waals surface area contributed by atoms with Crippen molar-refractivity contribution in [3.63, 3.8) is 0 Å². The van der Waals surface area contributed by atoms with Gasteiger partial charge in [0.15, 0.2) is 0 Å². The van der Waals surface area contributed by atoms with Gasteiger partial charge in [-0.15, -0.1) is 0 Å². The summed E-state index contributed by atoms with van der Waals surface area (Å²) < 4.78 is 0. The molecule has 0 radical (unpaired) electrons. The fourth-order valence-electron chi connectivity index (χ4n) is 4.19. The van der Waals surface area contributed by atoms with Crippen LogP contribution < -0.4 is 0 Å². The van der Waals surface area contributed by atoms with E-state index >= 15 is 0 Å². The first-order chi connectivity index (χ1) is 11.5. The number of benzene rings is 1. The quantitative estimate of drug-likeness (QED) is 0.442. The van der Waals surface area contributed by atoms with Crippen molar-refractivity contribution in [3.8, 4) is 5.75 Å². The largest absolute Gasteiger partial charge is 0.508 e. The lowest BCUT2D eigenvalue weighted by Gasteiger charge is -2.14. The number of unbranched alkanes of at least 4 members (excludes halogenated alkanes) is 2. The highest BCUT2D eigenvalue weighted by Gasteiger charge is 2.39. The molecular weight excluding hydrogens is 292 g/mol. The van der Waals surface area contributed by atoms with Crippen molar-refractivity contribution >= 4 is 0 Å². The zero-order valence-corrected chi connectivity index (χ0v) is 15.9. The lowest BCUT2D eigenvalue weighted by atomic mass is 9.92. The van der Waals surface area contributed by atoms with Crippen molar-refractivity contribution in [2.75, 3.05) is 0 Å². The van der Waals surface area contributed by atoms with Crippen molar-refractivity contribution < 1.29 is 5.11 Å². The van der Waals surface area contributed by atoms with Gasteiger partial charge in [-0.2, -0.15) is 0 Å². The molecule has 0 saturated heterocycles. The Hall–Kier alpha value is -0.980. The summed E-state index contributed by atoms with van der Waals surface area (Å²) in [4.78, 5) is 0. The number of rotatable bonds is 11. The first kappa shape index (κ1) is 17.8. The Balaban J connectivity index is 1.43. The van der Waals surface area contributed by atoms with Crippen LogP contribution in [0.5, 0.6) is 5.75 Å². The highest BCUT2D eigenvalue weighted by molar-refractivity contribution is 5.35. The molecule has 134 valence electrons. The van der Waals surface area contributed by atoms with Crippen LogP contribution in [-0.4, -0.2) is 5.11 Å². The van der Waals surface area contributed by atoms with Gasteiger partial charge in [-0.1, -0.05) is 39.2 Å². The molecule has 1 nitrogen and oxygen atoms in total. The summed E-state index contributed by atoms with van der Waals surface area (Å²) in [5.74, 6) is 0.436. The minimum Gasteiger partial charge on any atom is -0.508 e. The molecule has 2 fully saturated rings. The molecular formula is C23H36O. The Bertz CT molecular complexity index is 537. The average Bonchev–Trinajstić information content (AvgIpc) is 3.49. The summed E-state index contributed by atoms with van der Waals surface area (Å²) in [5, 5.41) is 9.85. The molecule has 0 unspecified atom stereocenters. The Morgan fingerprint density at radius 2 is 1.54 bits per heavy atom. The number of hydrogen-bond acceptors (Lipinski definition) is 1. The smallest absolute Gasteiger partial charge is 0.115 e. The van der Waals surface area contributed by atoms with Crippen LogP contribution in [0.2, 0.25) is 0 Å². The van der Waals surface area contributed by atoms with E-state index in [4.69, 9.17) is 0 Å². The normalized spacial score (nSPS) is 20.1. The van der Waals surface area contributed by atoms with Crippen LogP contribution in [0.1, 0.15) is 95.6 Å². The first-order valence-electron chi connectivity index (χ1n) is 10.4. The number of phenolic OH excluding ortho intramolecular Hbond substituents is 1. The molecule has 0 bridgehead atoms. The average molecular weight is 329 g/mol. The number of phenols is 1. The molecule has 0 aromatic heterocycles. The third-order valence-electron chi connectivity index (χ3n) is 6.88. The Morgan fingerprint density at radius 1 is 0.875 bits per heavy atom. The standard InChI is InChI=1S/C23H36O/c1-3-23(16-17-23)13-7-5-8-19-10-11-21(24)18-20(19)9-4-6-12-22(2)14-15-22/h10-11,18,24H,3-9,12-17H2,1-2H3. The summed E-state index contributed by atoms with van der Waals surface area (Å²) >= 11 is 0. The lowest BCUT2D eigenvalue weighted by molar-refractivity contribution is 0.426. The lowest BCUT2D eigenvalue weighted by Crippen LogP contribution is -2.00. The van der Waals surface area contributed by atoms with Crippen molar-refractivity contribution in [3.05, 3.63) is 29.3 Å². The van der Waals surface area contributed by atoms with Gasteiger partial charge in [-0.25, -0.2) is 0 Å². The highest BCUT2D eigenvalue weighted by atomic mass is 16.3. The SMILES string of the molecule is CCC1(CCCCc2ccc(O)cc2CCCCC2(C)CC2)CC1. The van der Waals surface area contributed by atoms with Crippen LogP contribution in [0.3, 0.4) is 0 Å². The van der Waals surface area contributed by atoms with Gasteiger partial charge in [-0.05, 0) is 98.3 Å². The number of aryl methyl sites for hydroxylation is 2. The molecule has 1 aromatic carbocycles. The van der Waals surface area contributed by atoms with E-state index in [0.29, 0.717) is 11.2 Å². The monoisotopic (exact) mass is 328 g/mol. The Kier molecular flexibility index (Phi) is 5.57. The van der Waals surface area contributed by atoms with Crippen molar-refractivity contribution in [2.24, 2.45) is 10.8 Å². The second-order valence-corrected chi connectivity index (χ2v) is 9.03. The van der Waals surface area contributed by atoms with Crippen LogP contribution in [0.25, 0.3) is 0 Å². The molecule has 24 heavy (non-hydrogen) atoms. The van der Waals surface area contributed by atoms with Crippen LogP contribution in [0, 0.1) is 10.8 Å². The zero-order valence-electron chi connectivity index (χ0n) is 15.9.